The lowest BCUT2D eigenvalue weighted by atomic mass is 10.0. The summed E-state index contributed by atoms with van der Waals surface area (Å²) in [6.07, 6.45) is 0.986. The van der Waals surface area contributed by atoms with Gasteiger partial charge in [-0.1, -0.05) is 0 Å². The zero-order chi connectivity index (χ0) is 16.0. The van der Waals surface area contributed by atoms with E-state index in [9.17, 15) is 4.39 Å². The van der Waals surface area contributed by atoms with E-state index in [-0.39, 0.29) is 18.2 Å². The SMILES string of the molecule is COc1ccc2c(c1)c1c(n2-c2ccc(F)cc2)CCN(C)C1.Cl. The Labute approximate surface area is 147 Å². The largest absolute Gasteiger partial charge is 0.497 e. The first-order valence-corrected chi connectivity index (χ1v) is 7.82. The first-order chi connectivity index (χ1) is 11.2. The minimum Gasteiger partial charge on any atom is -0.497 e. The third kappa shape index (κ3) is 2.66. The number of hydrogen-bond acceptors (Lipinski definition) is 2. The third-order valence-electron chi connectivity index (χ3n) is 4.63. The van der Waals surface area contributed by atoms with Crippen LogP contribution < -0.4 is 4.74 Å². The van der Waals surface area contributed by atoms with Crippen molar-refractivity contribution in [2.45, 2.75) is 13.0 Å². The minimum atomic E-state index is -0.208. The molecule has 0 spiro atoms. The van der Waals surface area contributed by atoms with Crippen LogP contribution in [0.3, 0.4) is 0 Å². The van der Waals surface area contributed by atoms with Crippen LogP contribution >= 0.6 is 12.4 Å². The highest BCUT2D eigenvalue weighted by atomic mass is 35.5. The standard InChI is InChI=1S/C19H19FN2O.ClH/c1-21-10-9-19-17(12-21)16-11-15(23-2)7-8-18(16)22(19)14-5-3-13(20)4-6-14;/h3-8,11H,9-10,12H2,1-2H3;1H. The minimum absolute atomic E-state index is 0. The summed E-state index contributed by atoms with van der Waals surface area (Å²) < 4.78 is 21.0. The molecular weight excluding hydrogens is 327 g/mol. The Hall–Kier alpha value is -2.04. The topological polar surface area (TPSA) is 17.4 Å². The van der Waals surface area contributed by atoms with Crippen molar-refractivity contribution in [3.63, 3.8) is 0 Å². The Morgan fingerprint density at radius 3 is 2.54 bits per heavy atom. The van der Waals surface area contributed by atoms with Gasteiger partial charge in [0, 0.05) is 36.3 Å². The maximum Gasteiger partial charge on any atom is 0.123 e. The van der Waals surface area contributed by atoms with Gasteiger partial charge >= 0.3 is 0 Å². The lowest BCUT2D eigenvalue weighted by Crippen LogP contribution is -2.27. The van der Waals surface area contributed by atoms with E-state index in [1.165, 1.54) is 28.8 Å². The molecule has 0 bridgehead atoms. The van der Waals surface area contributed by atoms with Crippen molar-refractivity contribution in [1.29, 1.82) is 0 Å². The molecule has 4 rings (SSSR count). The second-order valence-corrected chi connectivity index (χ2v) is 6.11. The van der Waals surface area contributed by atoms with Crippen molar-refractivity contribution in [3.8, 4) is 11.4 Å². The molecule has 0 radical (unpaired) electrons. The fraction of sp³-hybridized carbons (Fsp3) is 0.263. The first kappa shape index (κ1) is 16.8. The molecule has 1 aliphatic heterocycles. The van der Waals surface area contributed by atoms with Gasteiger partial charge in [0.25, 0.3) is 0 Å². The number of likely N-dealkylation sites (N-methyl/N-ethyl adjacent to an activating group) is 1. The van der Waals surface area contributed by atoms with E-state index in [2.05, 4.69) is 28.6 Å². The number of rotatable bonds is 2. The van der Waals surface area contributed by atoms with E-state index in [1.807, 2.05) is 18.2 Å². The number of halogens is 2. The fourth-order valence-corrected chi connectivity index (χ4v) is 3.48. The summed E-state index contributed by atoms with van der Waals surface area (Å²) in [4.78, 5) is 2.33. The van der Waals surface area contributed by atoms with Crippen molar-refractivity contribution in [2.24, 2.45) is 0 Å². The van der Waals surface area contributed by atoms with Crippen LogP contribution in [0.15, 0.2) is 42.5 Å². The Morgan fingerprint density at radius 1 is 1.08 bits per heavy atom. The van der Waals surface area contributed by atoms with Crippen LogP contribution in [0.1, 0.15) is 11.3 Å². The molecule has 2 heterocycles. The second-order valence-electron chi connectivity index (χ2n) is 6.11. The molecule has 0 unspecified atom stereocenters. The van der Waals surface area contributed by atoms with Crippen LogP contribution in [-0.2, 0) is 13.0 Å². The van der Waals surface area contributed by atoms with E-state index in [0.717, 1.165) is 36.5 Å². The monoisotopic (exact) mass is 346 g/mol. The van der Waals surface area contributed by atoms with Gasteiger partial charge in [-0.05, 0) is 55.1 Å². The van der Waals surface area contributed by atoms with Crippen LogP contribution in [0.2, 0.25) is 0 Å². The van der Waals surface area contributed by atoms with E-state index in [0.29, 0.717) is 0 Å². The zero-order valence-electron chi connectivity index (χ0n) is 13.8. The summed E-state index contributed by atoms with van der Waals surface area (Å²) in [6, 6.07) is 12.9. The lowest BCUT2D eigenvalue weighted by Gasteiger charge is -2.24. The molecule has 2 aromatic carbocycles. The van der Waals surface area contributed by atoms with Crippen LogP contribution in [-0.4, -0.2) is 30.2 Å². The summed E-state index contributed by atoms with van der Waals surface area (Å²) >= 11 is 0. The fourth-order valence-electron chi connectivity index (χ4n) is 3.48. The molecule has 24 heavy (non-hydrogen) atoms. The number of methoxy groups -OCH3 is 1. The van der Waals surface area contributed by atoms with Crippen LogP contribution in [0.4, 0.5) is 4.39 Å². The van der Waals surface area contributed by atoms with E-state index >= 15 is 0 Å². The Balaban J connectivity index is 0.00000169. The van der Waals surface area contributed by atoms with Gasteiger partial charge < -0.3 is 14.2 Å². The molecule has 0 amide bonds. The zero-order valence-corrected chi connectivity index (χ0v) is 14.6. The van der Waals surface area contributed by atoms with Crippen LogP contribution in [0.5, 0.6) is 5.75 Å². The van der Waals surface area contributed by atoms with E-state index in [1.54, 1.807) is 7.11 Å². The maximum absolute atomic E-state index is 13.3. The number of aromatic nitrogens is 1. The number of nitrogens with zero attached hydrogens (tertiary/aromatic N) is 2. The summed E-state index contributed by atoms with van der Waals surface area (Å²) in [6.45, 7) is 1.95. The van der Waals surface area contributed by atoms with Gasteiger partial charge in [0.1, 0.15) is 11.6 Å². The molecule has 0 aliphatic carbocycles. The average molecular weight is 347 g/mol. The predicted octanol–water partition coefficient (Wildman–Crippen LogP) is 4.19. The van der Waals surface area contributed by atoms with Gasteiger partial charge in [-0.3, -0.25) is 0 Å². The number of benzene rings is 2. The smallest absolute Gasteiger partial charge is 0.123 e. The van der Waals surface area contributed by atoms with Crippen molar-refractivity contribution in [3.05, 3.63) is 59.5 Å². The van der Waals surface area contributed by atoms with Gasteiger partial charge in [-0.25, -0.2) is 4.39 Å². The van der Waals surface area contributed by atoms with Crippen LogP contribution in [0, 0.1) is 5.82 Å². The van der Waals surface area contributed by atoms with Gasteiger partial charge in [0.2, 0.25) is 0 Å². The van der Waals surface area contributed by atoms with Crippen LogP contribution in [0.25, 0.3) is 16.6 Å². The quantitative estimate of drug-likeness (QED) is 0.692. The lowest BCUT2D eigenvalue weighted by molar-refractivity contribution is 0.311. The van der Waals surface area contributed by atoms with Crippen molar-refractivity contribution in [1.82, 2.24) is 9.47 Å². The highest BCUT2D eigenvalue weighted by Crippen LogP contribution is 2.35. The molecule has 3 nitrogen and oxygen atoms in total. The number of fused-ring (bicyclic) bond motifs is 3. The second kappa shape index (κ2) is 6.46. The molecule has 126 valence electrons. The molecule has 0 saturated carbocycles. The molecule has 0 saturated heterocycles. The molecule has 3 aromatic rings. The molecule has 1 aromatic heterocycles. The van der Waals surface area contributed by atoms with Crippen molar-refractivity contribution < 1.29 is 9.13 Å². The first-order valence-electron chi connectivity index (χ1n) is 7.82. The number of hydrogen-bond donors (Lipinski definition) is 0. The molecular formula is C19H20ClFN2O. The van der Waals surface area contributed by atoms with Crippen molar-refractivity contribution >= 4 is 23.3 Å². The normalized spacial score (nSPS) is 14.3. The Bertz CT molecular complexity index is 873. The van der Waals surface area contributed by atoms with Gasteiger partial charge in [0.05, 0.1) is 12.6 Å². The van der Waals surface area contributed by atoms with Gasteiger partial charge in [0.15, 0.2) is 0 Å². The van der Waals surface area contributed by atoms with Gasteiger partial charge in [-0.15, -0.1) is 12.4 Å². The highest BCUT2D eigenvalue weighted by Gasteiger charge is 2.23. The maximum atomic E-state index is 13.3. The molecule has 0 atom stereocenters. The molecule has 0 N–H and O–H groups in total. The molecule has 5 heteroatoms. The third-order valence-corrected chi connectivity index (χ3v) is 4.63. The average Bonchev–Trinajstić information content (AvgIpc) is 2.88. The summed E-state index contributed by atoms with van der Waals surface area (Å²) in [7, 11) is 3.83. The van der Waals surface area contributed by atoms with Crippen molar-refractivity contribution in [2.75, 3.05) is 20.7 Å². The van der Waals surface area contributed by atoms with E-state index < -0.39 is 0 Å². The summed E-state index contributed by atoms with van der Waals surface area (Å²) in [5.41, 5.74) is 4.82. The molecule has 0 fully saturated rings. The number of ether oxygens (including phenoxy) is 1. The Morgan fingerprint density at radius 2 is 1.83 bits per heavy atom. The van der Waals surface area contributed by atoms with E-state index in [4.69, 9.17) is 4.74 Å². The predicted molar refractivity (Wildman–Crippen MR) is 97.1 cm³/mol. The summed E-state index contributed by atoms with van der Waals surface area (Å²) in [5.74, 6) is 0.658. The highest BCUT2D eigenvalue weighted by molar-refractivity contribution is 5.89. The van der Waals surface area contributed by atoms with Gasteiger partial charge in [-0.2, -0.15) is 0 Å². The summed E-state index contributed by atoms with van der Waals surface area (Å²) in [5, 5.41) is 1.22. The Kier molecular flexibility index (Phi) is 4.52. The molecule has 1 aliphatic rings.